The van der Waals surface area contributed by atoms with Crippen molar-refractivity contribution in [3.05, 3.63) is 33.8 Å². The highest BCUT2D eigenvalue weighted by Gasteiger charge is 2.53. The molecule has 0 N–H and O–H groups in total. The monoisotopic (exact) mass is 464 g/mol. The average Bonchev–Trinajstić information content (AvgIpc) is 3.11. The Hall–Kier alpha value is -1.96. The van der Waals surface area contributed by atoms with Crippen molar-refractivity contribution in [2.24, 2.45) is 4.99 Å². The summed E-state index contributed by atoms with van der Waals surface area (Å²) < 4.78 is 2.01. The number of benzene rings is 1. The molecule has 3 aliphatic heterocycles. The summed E-state index contributed by atoms with van der Waals surface area (Å²) in [5.74, 6) is 1.05. The number of amides is 3. The first-order chi connectivity index (χ1) is 14.8. The third-order valence-corrected chi connectivity index (χ3v) is 7.25. The molecular formula is C22H28Cl2N5O2+. The van der Waals surface area contributed by atoms with Crippen molar-refractivity contribution in [2.75, 3.05) is 27.2 Å². The summed E-state index contributed by atoms with van der Waals surface area (Å²) >= 11 is 12.3. The van der Waals surface area contributed by atoms with E-state index >= 15 is 0 Å². The summed E-state index contributed by atoms with van der Waals surface area (Å²) in [6, 6.07) is 5.02. The first-order valence-corrected chi connectivity index (χ1v) is 11.5. The highest BCUT2D eigenvalue weighted by Crippen LogP contribution is 2.26. The van der Waals surface area contributed by atoms with Gasteiger partial charge in [-0.05, 0) is 48.5 Å². The molecule has 3 aliphatic rings. The van der Waals surface area contributed by atoms with E-state index < -0.39 is 6.04 Å². The lowest BCUT2D eigenvalue weighted by Gasteiger charge is -2.34. The Kier molecular flexibility index (Phi) is 6.37. The van der Waals surface area contributed by atoms with E-state index in [0.717, 1.165) is 30.8 Å². The number of fused-ring (bicyclic) bond motifs is 1. The van der Waals surface area contributed by atoms with Gasteiger partial charge in [0.2, 0.25) is 0 Å². The Labute approximate surface area is 192 Å². The van der Waals surface area contributed by atoms with Gasteiger partial charge in [-0.3, -0.25) is 19.5 Å². The van der Waals surface area contributed by atoms with Crippen LogP contribution in [0, 0.1) is 0 Å². The summed E-state index contributed by atoms with van der Waals surface area (Å²) in [6.07, 6.45) is 4.67. The number of hydrogen-bond donors (Lipinski definition) is 0. The van der Waals surface area contributed by atoms with Gasteiger partial charge >= 0.3 is 11.9 Å². The Bertz CT molecular complexity index is 977. The highest BCUT2D eigenvalue weighted by molar-refractivity contribution is 6.42. The van der Waals surface area contributed by atoms with Crippen LogP contribution in [-0.4, -0.2) is 82.2 Å². The zero-order valence-corrected chi connectivity index (χ0v) is 19.7. The van der Waals surface area contributed by atoms with Gasteiger partial charge in [0.25, 0.3) is 17.8 Å². The van der Waals surface area contributed by atoms with Gasteiger partial charge in [0.1, 0.15) is 13.1 Å². The summed E-state index contributed by atoms with van der Waals surface area (Å²) in [7, 11) is 3.19. The fourth-order valence-electron chi connectivity index (χ4n) is 4.70. The molecule has 3 heterocycles. The number of amidine groups is 2. The van der Waals surface area contributed by atoms with E-state index in [0.29, 0.717) is 35.0 Å². The molecule has 7 nitrogen and oxygen atoms in total. The molecule has 1 aromatic rings. The van der Waals surface area contributed by atoms with Gasteiger partial charge in [-0.2, -0.15) is 0 Å². The Morgan fingerprint density at radius 2 is 1.90 bits per heavy atom. The highest BCUT2D eigenvalue weighted by atomic mass is 35.5. The first-order valence-electron chi connectivity index (χ1n) is 10.8. The largest absolute Gasteiger partial charge is 0.333 e. The third kappa shape index (κ3) is 4.11. The molecule has 0 spiro atoms. The van der Waals surface area contributed by atoms with Gasteiger partial charge < -0.3 is 0 Å². The lowest BCUT2D eigenvalue weighted by Crippen LogP contribution is -2.61. The van der Waals surface area contributed by atoms with Crippen LogP contribution < -0.4 is 0 Å². The van der Waals surface area contributed by atoms with Crippen molar-refractivity contribution in [3.63, 3.8) is 0 Å². The number of aliphatic imine (C=N–C) groups is 1. The van der Waals surface area contributed by atoms with Crippen molar-refractivity contribution >= 4 is 46.8 Å². The number of carbonyl (C=O) groups excluding carboxylic acids is 2. The molecule has 0 aliphatic carbocycles. The quantitative estimate of drug-likeness (QED) is 0.626. The van der Waals surface area contributed by atoms with Crippen molar-refractivity contribution in [1.82, 2.24) is 14.7 Å². The van der Waals surface area contributed by atoms with Gasteiger partial charge in [-0.1, -0.05) is 42.6 Å². The molecule has 1 aromatic carbocycles. The number of nitrogens with zero attached hydrogens (tertiary/aromatic N) is 5. The lowest BCUT2D eigenvalue weighted by atomic mass is 10.00. The lowest BCUT2D eigenvalue weighted by molar-refractivity contribution is -0.552. The van der Waals surface area contributed by atoms with Crippen LogP contribution in [0.3, 0.4) is 0 Å². The van der Waals surface area contributed by atoms with Gasteiger partial charge in [0.15, 0.2) is 0 Å². The number of halogens is 2. The number of likely N-dealkylation sites (tertiary alicyclic amines) is 1. The average molecular weight is 465 g/mol. The Morgan fingerprint density at radius 3 is 2.61 bits per heavy atom. The minimum absolute atomic E-state index is 0.261. The maximum Gasteiger partial charge on any atom is 0.333 e. The second kappa shape index (κ2) is 8.88. The number of piperidine rings is 1. The van der Waals surface area contributed by atoms with Crippen molar-refractivity contribution in [3.8, 4) is 0 Å². The molecule has 31 heavy (non-hydrogen) atoms. The molecule has 2 fully saturated rings. The van der Waals surface area contributed by atoms with E-state index in [4.69, 9.17) is 28.2 Å². The molecule has 2 atom stereocenters. The number of urea groups is 1. The number of hydrogen-bond acceptors (Lipinski definition) is 4. The van der Waals surface area contributed by atoms with Crippen LogP contribution in [0.1, 0.15) is 38.2 Å². The molecule has 2 saturated heterocycles. The van der Waals surface area contributed by atoms with Crippen LogP contribution in [0.5, 0.6) is 0 Å². The second-order valence-corrected chi connectivity index (χ2v) is 9.25. The molecule has 0 saturated carbocycles. The summed E-state index contributed by atoms with van der Waals surface area (Å²) in [5, 5.41) is 0.966. The standard InChI is InChI=1S/C22H28Cl2N5O2/c1-4-15-7-5-6-10-28(15)13-18-25-20-19(21(30)27(3)22(31)26(20)2)29(18)12-14-8-9-16(23)17(24)11-14/h8-9,11,15,19H,4-7,10,12-13H2,1-3H3/q+1. The fourth-order valence-corrected chi connectivity index (χ4v) is 5.03. The van der Waals surface area contributed by atoms with Crippen LogP contribution in [0.2, 0.25) is 10.0 Å². The van der Waals surface area contributed by atoms with Crippen LogP contribution in [-0.2, 0) is 11.3 Å². The van der Waals surface area contributed by atoms with E-state index in [1.807, 2.05) is 16.7 Å². The van der Waals surface area contributed by atoms with E-state index in [-0.39, 0.29) is 11.9 Å². The molecule has 0 aromatic heterocycles. The zero-order valence-electron chi connectivity index (χ0n) is 18.1. The third-order valence-electron chi connectivity index (χ3n) is 6.52. The molecule has 0 radical (unpaired) electrons. The molecule has 166 valence electrons. The Balaban J connectivity index is 1.72. The van der Waals surface area contributed by atoms with Crippen molar-refractivity contribution in [1.29, 1.82) is 0 Å². The van der Waals surface area contributed by atoms with Gasteiger partial charge in [-0.25, -0.2) is 9.37 Å². The Morgan fingerprint density at radius 1 is 1.13 bits per heavy atom. The maximum absolute atomic E-state index is 13.1. The molecule has 9 heteroatoms. The first kappa shape index (κ1) is 22.2. The second-order valence-electron chi connectivity index (χ2n) is 8.43. The normalized spacial score (nSPS) is 24.7. The van der Waals surface area contributed by atoms with Crippen LogP contribution in [0.15, 0.2) is 23.2 Å². The molecular weight excluding hydrogens is 437 g/mol. The summed E-state index contributed by atoms with van der Waals surface area (Å²) in [6.45, 7) is 4.34. The van der Waals surface area contributed by atoms with E-state index in [9.17, 15) is 9.59 Å². The van der Waals surface area contributed by atoms with Crippen LogP contribution in [0.4, 0.5) is 4.79 Å². The fraction of sp³-hybridized carbons (Fsp3) is 0.545. The SMILES string of the molecule is CCC1CCCCN1CC1=[N+](Cc2ccc(Cl)c(Cl)c2)C2C(=O)N(C)C(=O)N(C)C2=N1. The zero-order chi connectivity index (χ0) is 22.3. The molecule has 0 bridgehead atoms. The number of imide groups is 1. The van der Waals surface area contributed by atoms with Crippen LogP contribution in [0.25, 0.3) is 0 Å². The summed E-state index contributed by atoms with van der Waals surface area (Å²) in [4.78, 5) is 35.6. The van der Waals surface area contributed by atoms with Gasteiger partial charge in [0, 0.05) is 20.1 Å². The molecule has 2 unspecified atom stereocenters. The van der Waals surface area contributed by atoms with E-state index in [2.05, 4.69) is 11.8 Å². The predicted octanol–water partition coefficient (Wildman–Crippen LogP) is 3.47. The van der Waals surface area contributed by atoms with E-state index in [1.54, 1.807) is 13.1 Å². The van der Waals surface area contributed by atoms with Crippen LogP contribution >= 0.6 is 23.2 Å². The number of carbonyl (C=O) groups is 2. The minimum atomic E-state index is -0.623. The molecule has 3 amide bonds. The van der Waals surface area contributed by atoms with Crippen molar-refractivity contribution in [2.45, 2.75) is 51.2 Å². The summed E-state index contributed by atoms with van der Waals surface area (Å²) in [5.41, 5.74) is 0.934. The van der Waals surface area contributed by atoms with Crippen molar-refractivity contribution < 1.29 is 14.2 Å². The maximum atomic E-state index is 13.1. The smallest absolute Gasteiger partial charge is 0.289 e. The van der Waals surface area contributed by atoms with E-state index in [1.165, 1.54) is 29.7 Å². The minimum Gasteiger partial charge on any atom is -0.289 e. The molecule has 4 rings (SSSR count). The topological polar surface area (TPSA) is 59.2 Å². The van der Waals surface area contributed by atoms with Gasteiger partial charge in [-0.15, -0.1) is 0 Å². The van der Waals surface area contributed by atoms with Gasteiger partial charge in [0.05, 0.1) is 10.0 Å². The number of likely N-dealkylation sites (N-methyl/N-ethyl adjacent to an activating group) is 2. The predicted molar refractivity (Wildman–Crippen MR) is 122 cm³/mol. The number of rotatable bonds is 5.